The van der Waals surface area contributed by atoms with Crippen molar-refractivity contribution in [1.82, 2.24) is 0 Å². The minimum atomic E-state index is -1.18. The molecule has 1 nitrogen and oxygen atoms in total. The van der Waals surface area contributed by atoms with Crippen molar-refractivity contribution in [1.29, 1.82) is 0 Å². The van der Waals surface area contributed by atoms with Crippen LogP contribution in [0.15, 0.2) is 12.1 Å². The zero-order valence-corrected chi connectivity index (χ0v) is 7.36. The van der Waals surface area contributed by atoms with E-state index in [1.54, 1.807) is 0 Å². The highest BCUT2D eigenvalue weighted by molar-refractivity contribution is 5.20. The van der Waals surface area contributed by atoms with E-state index in [1.165, 1.54) is 0 Å². The molecule has 0 saturated heterocycles. The zero-order chi connectivity index (χ0) is 10.6. The molecule has 1 aromatic rings. The maximum Gasteiger partial charge on any atom is 0.215 e. The van der Waals surface area contributed by atoms with E-state index in [-0.39, 0.29) is 18.5 Å². The molecule has 14 heavy (non-hydrogen) atoms. The molecule has 0 saturated carbocycles. The second-order valence-electron chi connectivity index (χ2n) is 2.84. The summed E-state index contributed by atoms with van der Waals surface area (Å²) >= 11 is 0. The Kier molecular flexibility index (Phi) is 3.52. The van der Waals surface area contributed by atoms with Crippen LogP contribution in [0, 0.1) is 24.0 Å². The fraction of sp³-hybridized carbons (Fsp3) is 0.300. The van der Waals surface area contributed by atoms with Gasteiger partial charge in [0.1, 0.15) is 5.82 Å². The smallest absolute Gasteiger partial charge is 0.215 e. The van der Waals surface area contributed by atoms with Gasteiger partial charge >= 0.3 is 0 Å². The van der Waals surface area contributed by atoms with Crippen LogP contribution in [0.2, 0.25) is 0 Å². The minimum absolute atomic E-state index is 0.118. The number of aryl methyl sites for hydroxylation is 1. The fourth-order valence-corrected chi connectivity index (χ4v) is 1.10. The molecule has 0 bridgehead atoms. The van der Waals surface area contributed by atoms with Crippen LogP contribution in [0.1, 0.15) is 12.0 Å². The van der Waals surface area contributed by atoms with Crippen LogP contribution in [0.25, 0.3) is 4.85 Å². The summed E-state index contributed by atoms with van der Waals surface area (Å²) in [6.07, 6.45) is 0.705. The summed E-state index contributed by atoms with van der Waals surface area (Å²) in [6, 6.07) is 1.37. The summed E-state index contributed by atoms with van der Waals surface area (Å²) in [5.41, 5.74) is 0.118. The first-order chi connectivity index (χ1) is 6.65. The van der Waals surface area contributed by atoms with Crippen molar-refractivity contribution in [2.45, 2.75) is 12.8 Å². The summed E-state index contributed by atoms with van der Waals surface area (Å²) in [7, 11) is 0. The number of benzene rings is 1. The molecule has 0 spiro atoms. The van der Waals surface area contributed by atoms with Gasteiger partial charge in [0.05, 0.1) is 0 Å². The maximum atomic E-state index is 13.0. The standard InChI is InChI=1S/C10H8F3N/c1-14-4-2-3-7-5-9(12)10(13)6-8(7)11/h5-6H,2-4H2. The Morgan fingerprint density at radius 3 is 2.36 bits per heavy atom. The quantitative estimate of drug-likeness (QED) is 0.400. The third-order valence-electron chi connectivity index (χ3n) is 1.81. The average molecular weight is 199 g/mol. The number of nitrogens with zero attached hydrogens (tertiary/aromatic N) is 1. The lowest BCUT2D eigenvalue weighted by molar-refractivity contribution is 0.489. The first-order valence-corrected chi connectivity index (χ1v) is 4.12. The highest BCUT2D eigenvalue weighted by Gasteiger charge is 2.09. The van der Waals surface area contributed by atoms with Gasteiger partial charge in [0.2, 0.25) is 6.54 Å². The van der Waals surface area contributed by atoms with Gasteiger partial charge in [-0.2, -0.15) is 0 Å². The van der Waals surface area contributed by atoms with Crippen LogP contribution in [-0.2, 0) is 6.42 Å². The summed E-state index contributed by atoms with van der Waals surface area (Å²) < 4.78 is 38.1. The van der Waals surface area contributed by atoms with Crippen molar-refractivity contribution in [2.24, 2.45) is 0 Å². The van der Waals surface area contributed by atoms with Gasteiger partial charge in [-0.25, -0.2) is 19.7 Å². The molecule has 0 aliphatic rings. The average Bonchev–Trinajstić information content (AvgIpc) is 2.14. The van der Waals surface area contributed by atoms with E-state index in [0.29, 0.717) is 12.5 Å². The van der Waals surface area contributed by atoms with Crippen molar-refractivity contribution < 1.29 is 13.2 Å². The molecule has 74 valence electrons. The largest absolute Gasteiger partial charge is 0.317 e. The zero-order valence-electron chi connectivity index (χ0n) is 7.36. The summed E-state index contributed by atoms with van der Waals surface area (Å²) in [5.74, 6) is -2.99. The maximum absolute atomic E-state index is 13.0. The molecule has 0 unspecified atom stereocenters. The third-order valence-corrected chi connectivity index (χ3v) is 1.81. The molecule has 0 aliphatic heterocycles. The second-order valence-corrected chi connectivity index (χ2v) is 2.84. The van der Waals surface area contributed by atoms with E-state index < -0.39 is 17.5 Å². The molecular formula is C10H8F3N. The Labute approximate surface area is 80.0 Å². The second kappa shape index (κ2) is 4.66. The molecule has 0 atom stereocenters. The predicted molar refractivity (Wildman–Crippen MR) is 46.1 cm³/mol. The van der Waals surface area contributed by atoms with Crippen LogP contribution >= 0.6 is 0 Å². The van der Waals surface area contributed by atoms with Crippen molar-refractivity contribution in [3.63, 3.8) is 0 Å². The van der Waals surface area contributed by atoms with Gasteiger partial charge in [0.15, 0.2) is 11.6 Å². The summed E-state index contributed by atoms with van der Waals surface area (Å²) in [5, 5.41) is 0. The number of hydrogen-bond donors (Lipinski definition) is 0. The highest BCUT2D eigenvalue weighted by Crippen LogP contribution is 2.15. The Morgan fingerprint density at radius 2 is 1.71 bits per heavy atom. The van der Waals surface area contributed by atoms with Crippen LogP contribution in [0.5, 0.6) is 0 Å². The van der Waals surface area contributed by atoms with Crippen LogP contribution in [0.3, 0.4) is 0 Å². The Bertz CT molecular complexity index is 368. The SMILES string of the molecule is [C-]#[N+]CCCc1cc(F)c(F)cc1F. The van der Waals surface area contributed by atoms with Gasteiger partial charge < -0.3 is 4.85 Å². The van der Waals surface area contributed by atoms with Gasteiger partial charge in [0, 0.05) is 12.5 Å². The minimum Gasteiger partial charge on any atom is -0.317 e. The normalized spacial score (nSPS) is 9.86. The molecule has 0 amide bonds. The number of rotatable bonds is 3. The lowest BCUT2D eigenvalue weighted by atomic mass is 10.1. The van der Waals surface area contributed by atoms with Crippen molar-refractivity contribution in [3.05, 3.63) is 46.6 Å². The topological polar surface area (TPSA) is 4.36 Å². The predicted octanol–water partition coefficient (Wildman–Crippen LogP) is 2.96. The molecule has 0 aliphatic carbocycles. The number of halogens is 3. The van der Waals surface area contributed by atoms with Gasteiger partial charge in [-0.3, -0.25) is 0 Å². The van der Waals surface area contributed by atoms with Crippen molar-refractivity contribution in [2.75, 3.05) is 6.54 Å². The van der Waals surface area contributed by atoms with Gasteiger partial charge in [-0.05, 0) is 18.1 Å². The molecule has 0 heterocycles. The van der Waals surface area contributed by atoms with Crippen molar-refractivity contribution >= 4 is 0 Å². The van der Waals surface area contributed by atoms with E-state index >= 15 is 0 Å². The van der Waals surface area contributed by atoms with E-state index in [1.807, 2.05) is 0 Å². The van der Waals surface area contributed by atoms with Gasteiger partial charge in [0.25, 0.3) is 0 Å². The van der Waals surface area contributed by atoms with E-state index in [0.717, 1.165) is 6.07 Å². The van der Waals surface area contributed by atoms with Crippen LogP contribution in [0.4, 0.5) is 13.2 Å². The molecule has 0 aromatic heterocycles. The lowest BCUT2D eigenvalue weighted by Crippen LogP contribution is -1.96. The fourth-order valence-electron chi connectivity index (χ4n) is 1.10. The third kappa shape index (κ3) is 2.49. The Hall–Kier alpha value is -1.50. The molecule has 1 aromatic carbocycles. The lowest BCUT2D eigenvalue weighted by Gasteiger charge is -2.01. The Balaban J connectivity index is 2.78. The molecule has 0 N–H and O–H groups in total. The molecular weight excluding hydrogens is 191 g/mol. The van der Waals surface area contributed by atoms with E-state index in [9.17, 15) is 13.2 Å². The van der Waals surface area contributed by atoms with Crippen LogP contribution in [-0.4, -0.2) is 6.54 Å². The van der Waals surface area contributed by atoms with E-state index in [4.69, 9.17) is 6.57 Å². The van der Waals surface area contributed by atoms with Gasteiger partial charge in [-0.1, -0.05) is 0 Å². The molecule has 1 rings (SSSR count). The first-order valence-electron chi connectivity index (χ1n) is 4.12. The summed E-state index contributed by atoms with van der Waals surface area (Å²) in [6.45, 7) is 6.76. The molecule has 4 heteroatoms. The number of hydrogen-bond acceptors (Lipinski definition) is 0. The molecule has 0 fully saturated rings. The van der Waals surface area contributed by atoms with E-state index in [2.05, 4.69) is 4.85 Å². The van der Waals surface area contributed by atoms with Crippen molar-refractivity contribution in [3.8, 4) is 0 Å². The highest BCUT2D eigenvalue weighted by atomic mass is 19.2. The molecule has 0 radical (unpaired) electrons. The first kappa shape index (κ1) is 10.6. The summed E-state index contributed by atoms with van der Waals surface area (Å²) in [4.78, 5) is 3.08. The Morgan fingerprint density at radius 1 is 1.07 bits per heavy atom. The van der Waals surface area contributed by atoms with Crippen LogP contribution < -0.4 is 0 Å². The van der Waals surface area contributed by atoms with Gasteiger partial charge in [-0.15, -0.1) is 0 Å². The monoisotopic (exact) mass is 199 g/mol.